The average molecular weight is 236 g/mol. The Morgan fingerprint density at radius 1 is 1.41 bits per heavy atom. The molecule has 0 aromatic heterocycles. The van der Waals surface area contributed by atoms with Crippen LogP contribution in [0.5, 0.6) is 0 Å². The van der Waals surface area contributed by atoms with E-state index in [1.807, 2.05) is 19.2 Å². The summed E-state index contributed by atoms with van der Waals surface area (Å²) < 4.78 is 13.6. The Bertz CT molecular complexity index is 390. The maximum absolute atomic E-state index is 13.6. The number of likely N-dealkylation sites (N-methyl/N-ethyl adjacent to an activating group) is 1. The maximum Gasteiger partial charge on any atom is 0.127 e. The van der Waals surface area contributed by atoms with E-state index >= 15 is 0 Å². The molecular formula is C14H21FN2. The van der Waals surface area contributed by atoms with Crippen LogP contribution in [-0.2, 0) is 6.54 Å². The van der Waals surface area contributed by atoms with E-state index in [2.05, 4.69) is 11.8 Å². The third-order valence-corrected chi connectivity index (χ3v) is 4.11. The highest BCUT2D eigenvalue weighted by Gasteiger charge is 2.43. The van der Waals surface area contributed by atoms with Crippen LogP contribution in [0.4, 0.5) is 4.39 Å². The molecule has 3 heteroatoms. The van der Waals surface area contributed by atoms with Gasteiger partial charge in [0.1, 0.15) is 5.82 Å². The summed E-state index contributed by atoms with van der Waals surface area (Å²) in [4.78, 5) is 2.20. The SMILES string of the molecule is CN(Cc1ccccc1F)C(C)(CN)C1CC1. The van der Waals surface area contributed by atoms with Gasteiger partial charge in [0.25, 0.3) is 0 Å². The highest BCUT2D eigenvalue weighted by molar-refractivity contribution is 5.17. The van der Waals surface area contributed by atoms with E-state index in [9.17, 15) is 4.39 Å². The molecule has 1 fully saturated rings. The zero-order valence-electron chi connectivity index (χ0n) is 10.6. The molecule has 1 aromatic carbocycles. The first kappa shape index (κ1) is 12.5. The molecule has 0 saturated heterocycles. The number of benzene rings is 1. The van der Waals surface area contributed by atoms with E-state index in [1.54, 1.807) is 6.07 Å². The number of rotatable bonds is 5. The lowest BCUT2D eigenvalue weighted by Gasteiger charge is -2.38. The minimum absolute atomic E-state index is 0.00226. The summed E-state index contributed by atoms with van der Waals surface area (Å²) in [6.07, 6.45) is 2.49. The molecule has 17 heavy (non-hydrogen) atoms. The molecule has 1 aliphatic carbocycles. The minimum atomic E-state index is -0.130. The van der Waals surface area contributed by atoms with Gasteiger partial charge < -0.3 is 5.73 Å². The molecule has 0 spiro atoms. The fourth-order valence-corrected chi connectivity index (χ4v) is 2.40. The zero-order valence-corrected chi connectivity index (χ0v) is 10.6. The van der Waals surface area contributed by atoms with E-state index in [1.165, 1.54) is 18.9 Å². The van der Waals surface area contributed by atoms with Gasteiger partial charge in [0, 0.05) is 24.2 Å². The molecule has 0 amide bonds. The van der Waals surface area contributed by atoms with Crippen LogP contribution in [0, 0.1) is 11.7 Å². The predicted molar refractivity (Wildman–Crippen MR) is 68.1 cm³/mol. The van der Waals surface area contributed by atoms with Gasteiger partial charge in [-0.3, -0.25) is 4.90 Å². The topological polar surface area (TPSA) is 29.3 Å². The molecule has 1 aromatic rings. The van der Waals surface area contributed by atoms with Gasteiger partial charge in [0.2, 0.25) is 0 Å². The van der Waals surface area contributed by atoms with E-state index in [-0.39, 0.29) is 11.4 Å². The van der Waals surface area contributed by atoms with Gasteiger partial charge in [0.15, 0.2) is 0 Å². The van der Waals surface area contributed by atoms with Crippen molar-refractivity contribution >= 4 is 0 Å². The number of hydrogen-bond donors (Lipinski definition) is 1. The van der Waals surface area contributed by atoms with Crippen LogP contribution in [0.3, 0.4) is 0 Å². The highest BCUT2D eigenvalue weighted by atomic mass is 19.1. The van der Waals surface area contributed by atoms with E-state index < -0.39 is 0 Å². The van der Waals surface area contributed by atoms with Crippen molar-refractivity contribution in [2.45, 2.75) is 31.8 Å². The Kier molecular flexibility index (Phi) is 3.50. The number of nitrogens with two attached hydrogens (primary N) is 1. The smallest absolute Gasteiger partial charge is 0.127 e. The Hall–Kier alpha value is -0.930. The lowest BCUT2D eigenvalue weighted by atomic mass is 9.93. The van der Waals surface area contributed by atoms with Gasteiger partial charge in [-0.05, 0) is 38.8 Å². The molecule has 94 valence electrons. The molecule has 2 rings (SSSR count). The molecule has 0 aliphatic heterocycles. The van der Waals surface area contributed by atoms with Crippen LogP contribution in [0.15, 0.2) is 24.3 Å². The first-order valence-electron chi connectivity index (χ1n) is 6.22. The highest BCUT2D eigenvalue weighted by Crippen LogP contribution is 2.42. The molecule has 0 heterocycles. The van der Waals surface area contributed by atoms with Crippen molar-refractivity contribution in [1.82, 2.24) is 4.90 Å². The first-order valence-corrected chi connectivity index (χ1v) is 6.22. The normalized spacial score (nSPS) is 19.4. The van der Waals surface area contributed by atoms with E-state index in [0.717, 1.165) is 5.56 Å². The van der Waals surface area contributed by atoms with Gasteiger partial charge in [0.05, 0.1) is 0 Å². The van der Waals surface area contributed by atoms with Crippen LogP contribution in [0.25, 0.3) is 0 Å². The molecule has 2 N–H and O–H groups in total. The van der Waals surface area contributed by atoms with Crippen LogP contribution < -0.4 is 5.73 Å². The predicted octanol–water partition coefficient (Wildman–Crippen LogP) is 2.38. The summed E-state index contributed by atoms with van der Waals surface area (Å²) >= 11 is 0. The number of hydrogen-bond acceptors (Lipinski definition) is 2. The lowest BCUT2D eigenvalue weighted by molar-refractivity contribution is 0.111. The average Bonchev–Trinajstić information content (AvgIpc) is 3.15. The maximum atomic E-state index is 13.6. The molecular weight excluding hydrogens is 215 g/mol. The van der Waals surface area contributed by atoms with Crippen LogP contribution in [-0.4, -0.2) is 24.0 Å². The first-order chi connectivity index (χ1) is 8.08. The van der Waals surface area contributed by atoms with Crippen molar-refractivity contribution < 1.29 is 4.39 Å². The second-order valence-corrected chi connectivity index (χ2v) is 5.28. The van der Waals surface area contributed by atoms with E-state index in [4.69, 9.17) is 5.73 Å². The molecule has 1 atom stereocenters. The van der Waals surface area contributed by atoms with Crippen molar-refractivity contribution in [1.29, 1.82) is 0 Å². The van der Waals surface area contributed by atoms with Crippen molar-refractivity contribution in [3.8, 4) is 0 Å². The minimum Gasteiger partial charge on any atom is -0.329 e. The Labute approximate surface area is 103 Å². The number of halogens is 1. The van der Waals surface area contributed by atoms with Gasteiger partial charge in [-0.1, -0.05) is 18.2 Å². The Morgan fingerprint density at radius 2 is 2.06 bits per heavy atom. The van der Waals surface area contributed by atoms with Gasteiger partial charge >= 0.3 is 0 Å². The molecule has 1 unspecified atom stereocenters. The quantitative estimate of drug-likeness (QED) is 0.850. The second-order valence-electron chi connectivity index (χ2n) is 5.28. The third kappa shape index (κ3) is 2.50. The molecule has 0 radical (unpaired) electrons. The van der Waals surface area contributed by atoms with Crippen molar-refractivity contribution in [2.75, 3.05) is 13.6 Å². The summed E-state index contributed by atoms with van der Waals surface area (Å²) in [7, 11) is 2.04. The molecule has 2 nitrogen and oxygen atoms in total. The molecule has 1 aliphatic rings. The van der Waals surface area contributed by atoms with Crippen LogP contribution >= 0.6 is 0 Å². The van der Waals surface area contributed by atoms with Crippen molar-refractivity contribution in [3.63, 3.8) is 0 Å². The number of nitrogens with zero attached hydrogens (tertiary/aromatic N) is 1. The van der Waals surface area contributed by atoms with Crippen molar-refractivity contribution in [3.05, 3.63) is 35.6 Å². The van der Waals surface area contributed by atoms with Gasteiger partial charge in [-0.15, -0.1) is 0 Å². The summed E-state index contributed by atoms with van der Waals surface area (Å²) in [6, 6.07) is 6.96. The third-order valence-electron chi connectivity index (χ3n) is 4.11. The fourth-order valence-electron chi connectivity index (χ4n) is 2.40. The summed E-state index contributed by atoms with van der Waals surface area (Å²) in [5.41, 5.74) is 6.65. The van der Waals surface area contributed by atoms with Crippen LogP contribution in [0.1, 0.15) is 25.3 Å². The van der Waals surface area contributed by atoms with Crippen LogP contribution in [0.2, 0.25) is 0 Å². The van der Waals surface area contributed by atoms with Gasteiger partial charge in [-0.25, -0.2) is 4.39 Å². The lowest BCUT2D eigenvalue weighted by Crippen LogP contribution is -2.51. The fraction of sp³-hybridized carbons (Fsp3) is 0.571. The molecule has 0 bridgehead atoms. The second kappa shape index (κ2) is 4.75. The summed E-state index contributed by atoms with van der Waals surface area (Å²) in [5.74, 6) is 0.541. The Morgan fingerprint density at radius 3 is 2.59 bits per heavy atom. The monoisotopic (exact) mass is 236 g/mol. The standard InChI is InChI=1S/C14H21FN2/c1-14(10-16,12-7-8-12)17(2)9-11-5-3-4-6-13(11)15/h3-6,12H,7-10,16H2,1-2H3. The molecule has 1 saturated carbocycles. The Balaban J connectivity index is 2.10. The van der Waals surface area contributed by atoms with Gasteiger partial charge in [-0.2, -0.15) is 0 Å². The summed E-state index contributed by atoms with van der Waals surface area (Å²) in [5, 5.41) is 0. The summed E-state index contributed by atoms with van der Waals surface area (Å²) in [6.45, 7) is 3.44. The van der Waals surface area contributed by atoms with Crippen molar-refractivity contribution in [2.24, 2.45) is 11.7 Å². The largest absolute Gasteiger partial charge is 0.329 e. The zero-order chi connectivity index (χ0) is 12.5. The van der Waals surface area contributed by atoms with E-state index in [0.29, 0.717) is 19.0 Å².